The van der Waals surface area contributed by atoms with E-state index in [4.69, 9.17) is 5.73 Å². The van der Waals surface area contributed by atoms with E-state index in [1.807, 2.05) is 18.8 Å². The second-order valence-corrected chi connectivity index (χ2v) is 5.55. The molecule has 1 unspecified atom stereocenters. The van der Waals surface area contributed by atoms with Gasteiger partial charge in [0, 0.05) is 22.7 Å². The first-order chi connectivity index (χ1) is 7.13. The van der Waals surface area contributed by atoms with Crippen LogP contribution in [0.25, 0.3) is 0 Å². The zero-order chi connectivity index (χ0) is 11.3. The van der Waals surface area contributed by atoms with Crippen LogP contribution in [0.3, 0.4) is 0 Å². The lowest BCUT2D eigenvalue weighted by Crippen LogP contribution is -2.23. The lowest BCUT2D eigenvalue weighted by molar-refractivity contribution is 0.653. The largest absolute Gasteiger partial charge is 0.323 e. The molecule has 0 saturated heterocycles. The number of nitrogens with two attached hydrogens (primary N) is 1. The fraction of sp³-hybridized carbons (Fsp3) is 0.500. The first-order valence-electron chi connectivity index (χ1n) is 5.30. The molecule has 0 saturated carbocycles. The molecule has 0 radical (unpaired) electrons. The zero-order valence-electron chi connectivity index (χ0n) is 9.66. The molecule has 3 N–H and O–H groups in total. The molecule has 2 nitrogen and oxygen atoms in total. The van der Waals surface area contributed by atoms with Crippen LogP contribution >= 0.6 is 11.8 Å². The monoisotopic (exact) mass is 224 g/mol. The van der Waals surface area contributed by atoms with Gasteiger partial charge in [-0.1, -0.05) is 26.0 Å². The topological polar surface area (TPSA) is 38.0 Å². The average Bonchev–Trinajstić information content (AvgIpc) is 2.18. The minimum absolute atomic E-state index is 0.0908. The van der Waals surface area contributed by atoms with Gasteiger partial charge in [0.25, 0.3) is 0 Å². The van der Waals surface area contributed by atoms with Crippen molar-refractivity contribution >= 4 is 11.8 Å². The molecule has 0 spiro atoms. The van der Waals surface area contributed by atoms with Gasteiger partial charge in [-0.15, -0.1) is 11.8 Å². The Hall–Kier alpha value is -0.510. The molecule has 15 heavy (non-hydrogen) atoms. The van der Waals surface area contributed by atoms with E-state index in [9.17, 15) is 0 Å². The molecule has 0 aliphatic carbocycles. The van der Waals surface area contributed by atoms with E-state index in [0.717, 1.165) is 6.54 Å². The summed E-state index contributed by atoms with van der Waals surface area (Å²) < 4.78 is 0. The Bertz CT molecular complexity index is 282. The second kappa shape index (κ2) is 6.16. The van der Waals surface area contributed by atoms with E-state index in [1.165, 1.54) is 10.5 Å². The quantitative estimate of drug-likeness (QED) is 0.754. The lowest BCUT2D eigenvalue weighted by Gasteiger charge is -2.12. The third kappa shape index (κ3) is 4.24. The number of hydrogen-bond donors (Lipinski definition) is 2. The predicted molar refractivity (Wildman–Crippen MR) is 68.3 cm³/mol. The van der Waals surface area contributed by atoms with Gasteiger partial charge in [-0.25, -0.2) is 0 Å². The van der Waals surface area contributed by atoms with Gasteiger partial charge in [0.1, 0.15) is 0 Å². The van der Waals surface area contributed by atoms with E-state index in [2.05, 4.69) is 43.4 Å². The Morgan fingerprint density at radius 3 is 2.33 bits per heavy atom. The van der Waals surface area contributed by atoms with Crippen molar-refractivity contribution < 1.29 is 0 Å². The van der Waals surface area contributed by atoms with E-state index in [1.54, 1.807) is 0 Å². The molecule has 1 atom stereocenters. The summed E-state index contributed by atoms with van der Waals surface area (Å²) in [7, 11) is 1.92. The van der Waals surface area contributed by atoms with Gasteiger partial charge in [-0.2, -0.15) is 0 Å². The van der Waals surface area contributed by atoms with Crippen LogP contribution < -0.4 is 11.1 Å². The van der Waals surface area contributed by atoms with Crippen molar-refractivity contribution in [1.29, 1.82) is 0 Å². The summed E-state index contributed by atoms with van der Waals surface area (Å²) in [4.78, 5) is 1.31. The van der Waals surface area contributed by atoms with Crippen LogP contribution in [0.5, 0.6) is 0 Å². The highest BCUT2D eigenvalue weighted by atomic mass is 32.2. The molecular formula is C12H20N2S. The second-order valence-electron chi connectivity index (χ2n) is 3.90. The molecule has 84 valence electrons. The Balaban J connectivity index is 2.63. The summed E-state index contributed by atoms with van der Waals surface area (Å²) in [5.74, 6) is 0. The van der Waals surface area contributed by atoms with E-state index < -0.39 is 0 Å². The van der Waals surface area contributed by atoms with Gasteiger partial charge in [0.15, 0.2) is 0 Å². The summed E-state index contributed by atoms with van der Waals surface area (Å²) in [5, 5.41) is 3.71. The molecule has 3 heteroatoms. The van der Waals surface area contributed by atoms with E-state index in [-0.39, 0.29) is 6.04 Å². The van der Waals surface area contributed by atoms with Crippen LogP contribution in [0.15, 0.2) is 29.2 Å². The molecule has 0 amide bonds. The summed E-state index contributed by atoms with van der Waals surface area (Å²) in [5.41, 5.74) is 7.18. The zero-order valence-corrected chi connectivity index (χ0v) is 10.5. The Morgan fingerprint density at radius 1 is 1.27 bits per heavy atom. The maximum absolute atomic E-state index is 5.99. The van der Waals surface area contributed by atoms with Crippen LogP contribution in [0.1, 0.15) is 25.5 Å². The fourth-order valence-electron chi connectivity index (χ4n) is 1.40. The van der Waals surface area contributed by atoms with Crippen molar-refractivity contribution in [3.63, 3.8) is 0 Å². The van der Waals surface area contributed by atoms with Crippen LogP contribution in [0.2, 0.25) is 0 Å². The Kier molecular flexibility index (Phi) is 5.15. The predicted octanol–water partition coefficient (Wildman–Crippen LogP) is 2.41. The number of nitrogens with one attached hydrogen (secondary N) is 1. The third-order valence-corrected chi connectivity index (χ3v) is 3.12. The number of benzene rings is 1. The first-order valence-corrected chi connectivity index (χ1v) is 6.18. The van der Waals surface area contributed by atoms with Crippen LogP contribution in [0.4, 0.5) is 0 Å². The highest BCUT2D eigenvalue weighted by molar-refractivity contribution is 7.99. The number of hydrogen-bond acceptors (Lipinski definition) is 3. The number of thioether (sulfide) groups is 1. The minimum Gasteiger partial charge on any atom is -0.323 e. The molecule has 0 aliphatic heterocycles. The SMILES string of the molecule is CNCC(N)c1ccc(SC(C)C)cc1. The van der Waals surface area contributed by atoms with Gasteiger partial charge in [0.05, 0.1) is 0 Å². The average molecular weight is 224 g/mol. The molecule has 1 rings (SSSR count). The lowest BCUT2D eigenvalue weighted by atomic mass is 10.1. The molecule has 0 heterocycles. The summed E-state index contributed by atoms with van der Waals surface area (Å²) >= 11 is 1.88. The maximum atomic E-state index is 5.99. The van der Waals surface area contributed by atoms with Gasteiger partial charge >= 0.3 is 0 Å². The van der Waals surface area contributed by atoms with Crippen LogP contribution in [-0.2, 0) is 0 Å². The van der Waals surface area contributed by atoms with Gasteiger partial charge in [-0.3, -0.25) is 0 Å². The van der Waals surface area contributed by atoms with Crippen molar-refractivity contribution in [1.82, 2.24) is 5.32 Å². The van der Waals surface area contributed by atoms with Crippen molar-refractivity contribution in [2.45, 2.75) is 30.0 Å². The molecule has 0 aromatic heterocycles. The minimum atomic E-state index is 0.0908. The van der Waals surface area contributed by atoms with Crippen LogP contribution in [-0.4, -0.2) is 18.8 Å². The molecule has 1 aromatic rings. The van der Waals surface area contributed by atoms with Gasteiger partial charge < -0.3 is 11.1 Å². The highest BCUT2D eigenvalue weighted by Gasteiger charge is 2.04. The third-order valence-electron chi connectivity index (χ3n) is 2.10. The number of likely N-dealkylation sites (N-methyl/N-ethyl adjacent to an activating group) is 1. The van der Waals surface area contributed by atoms with Crippen molar-refractivity contribution in [2.75, 3.05) is 13.6 Å². The molecule has 0 aliphatic rings. The highest BCUT2D eigenvalue weighted by Crippen LogP contribution is 2.23. The molecule has 0 bridgehead atoms. The summed E-state index contributed by atoms with van der Waals surface area (Å²) in [6, 6.07) is 8.62. The number of rotatable bonds is 5. The molecule has 0 fully saturated rings. The Labute approximate surface area is 96.6 Å². The van der Waals surface area contributed by atoms with Crippen molar-refractivity contribution in [3.05, 3.63) is 29.8 Å². The standard InChI is InChI=1S/C12H20N2S/c1-9(2)15-11-6-4-10(5-7-11)12(13)8-14-3/h4-7,9,12,14H,8,13H2,1-3H3. The maximum Gasteiger partial charge on any atom is 0.0421 e. The molecular weight excluding hydrogens is 204 g/mol. The smallest absolute Gasteiger partial charge is 0.0421 e. The normalized spacial score (nSPS) is 13.1. The van der Waals surface area contributed by atoms with Gasteiger partial charge in [-0.05, 0) is 24.7 Å². The Morgan fingerprint density at radius 2 is 1.87 bits per heavy atom. The van der Waals surface area contributed by atoms with Crippen LogP contribution in [0, 0.1) is 0 Å². The van der Waals surface area contributed by atoms with Crippen molar-refractivity contribution in [2.24, 2.45) is 5.73 Å². The van der Waals surface area contributed by atoms with Gasteiger partial charge in [0.2, 0.25) is 0 Å². The molecule has 1 aromatic carbocycles. The van der Waals surface area contributed by atoms with Crippen molar-refractivity contribution in [3.8, 4) is 0 Å². The van der Waals surface area contributed by atoms with E-state index >= 15 is 0 Å². The van der Waals surface area contributed by atoms with E-state index in [0.29, 0.717) is 5.25 Å². The first kappa shape index (κ1) is 12.6. The summed E-state index contributed by atoms with van der Waals surface area (Å²) in [6.45, 7) is 5.22. The summed E-state index contributed by atoms with van der Waals surface area (Å²) in [6.07, 6.45) is 0. The fourth-order valence-corrected chi connectivity index (χ4v) is 2.24.